The zero-order valence-corrected chi connectivity index (χ0v) is 14.0. The fourth-order valence-electron chi connectivity index (χ4n) is 2.98. The Balaban J connectivity index is 1.68. The van der Waals surface area contributed by atoms with Crippen LogP contribution in [0.15, 0.2) is 29.6 Å². The quantitative estimate of drug-likeness (QED) is 0.860. The highest BCUT2D eigenvalue weighted by Crippen LogP contribution is 2.25. The minimum Gasteiger partial charge on any atom is -0.342 e. The van der Waals surface area contributed by atoms with Crippen LogP contribution in [0.4, 0.5) is 0 Å². The zero-order chi connectivity index (χ0) is 15.5. The molecule has 116 valence electrons. The molecule has 0 bridgehead atoms. The number of amides is 1. The molecule has 1 aromatic carbocycles. The Morgan fingerprint density at radius 3 is 3.09 bits per heavy atom. The second-order valence-corrected chi connectivity index (χ2v) is 7.14. The van der Waals surface area contributed by atoms with E-state index in [4.69, 9.17) is 0 Å². The van der Waals surface area contributed by atoms with Gasteiger partial charge < -0.3 is 4.90 Å². The summed E-state index contributed by atoms with van der Waals surface area (Å²) >= 11 is 1.62. The number of nitrogens with zero attached hydrogens (tertiary/aromatic N) is 2. The summed E-state index contributed by atoms with van der Waals surface area (Å²) in [6.07, 6.45) is 2.78. The van der Waals surface area contributed by atoms with Gasteiger partial charge in [-0.15, -0.1) is 11.3 Å². The van der Waals surface area contributed by atoms with Crippen LogP contribution in [0.2, 0.25) is 0 Å². The molecule has 4 heteroatoms. The number of likely N-dealkylation sites (tertiary alicyclic amines) is 1. The van der Waals surface area contributed by atoms with Gasteiger partial charge in [-0.1, -0.05) is 30.7 Å². The van der Waals surface area contributed by atoms with Crippen LogP contribution in [-0.4, -0.2) is 28.9 Å². The number of piperidine rings is 1. The molecule has 1 atom stereocenters. The lowest BCUT2D eigenvalue weighted by Gasteiger charge is -2.30. The number of rotatable bonds is 3. The number of hydrogen-bond acceptors (Lipinski definition) is 3. The highest BCUT2D eigenvalue weighted by atomic mass is 32.1. The molecular weight excluding hydrogens is 292 g/mol. The molecule has 3 rings (SSSR count). The van der Waals surface area contributed by atoms with Crippen LogP contribution < -0.4 is 0 Å². The lowest BCUT2D eigenvalue weighted by atomic mass is 10.00. The molecule has 3 nitrogen and oxygen atoms in total. The topological polar surface area (TPSA) is 33.2 Å². The largest absolute Gasteiger partial charge is 0.342 e. The van der Waals surface area contributed by atoms with Crippen molar-refractivity contribution in [2.75, 3.05) is 13.1 Å². The Bertz CT molecular complexity index is 665. The second-order valence-electron chi connectivity index (χ2n) is 6.28. The maximum atomic E-state index is 12.4. The van der Waals surface area contributed by atoms with Gasteiger partial charge in [-0.05, 0) is 31.7 Å². The van der Waals surface area contributed by atoms with Gasteiger partial charge in [0.15, 0.2) is 0 Å². The Morgan fingerprint density at radius 2 is 2.32 bits per heavy atom. The molecule has 1 aromatic heterocycles. The molecule has 2 aromatic rings. The highest BCUT2D eigenvalue weighted by Gasteiger charge is 2.21. The number of aryl methyl sites for hydroxylation is 1. The molecule has 0 saturated carbocycles. The molecule has 2 heterocycles. The third-order valence-electron chi connectivity index (χ3n) is 4.16. The van der Waals surface area contributed by atoms with Gasteiger partial charge >= 0.3 is 0 Å². The highest BCUT2D eigenvalue weighted by molar-refractivity contribution is 7.13. The van der Waals surface area contributed by atoms with Crippen LogP contribution in [-0.2, 0) is 11.2 Å². The summed E-state index contributed by atoms with van der Waals surface area (Å²) in [5, 5.41) is 3.02. The van der Waals surface area contributed by atoms with E-state index >= 15 is 0 Å². The van der Waals surface area contributed by atoms with E-state index in [0.717, 1.165) is 35.8 Å². The molecule has 0 N–H and O–H groups in total. The van der Waals surface area contributed by atoms with Gasteiger partial charge in [-0.25, -0.2) is 4.98 Å². The fourth-order valence-corrected chi connectivity index (χ4v) is 3.80. The van der Waals surface area contributed by atoms with Crippen molar-refractivity contribution in [1.82, 2.24) is 9.88 Å². The van der Waals surface area contributed by atoms with Crippen molar-refractivity contribution in [3.8, 4) is 10.6 Å². The molecule has 1 amide bonds. The molecular formula is C18H22N2OS. The summed E-state index contributed by atoms with van der Waals surface area (Å²) < 4.78 is 0. The first-order chi connectivity index (χ1) is 10.6. The predicted octanol–water partition coefficient (Wildman–Crippen LogP) is 3.92. The van der Waals surface area contributed by atoms with Crippen molar-refractivity contribution < 1.29 is 4.79 Å². The van der Waals surface area contributed by atoms with E-state index in [-0.39, 0.29) is 5.91 Å². The number of hydrogen-bond donors (Lipinski definition) is 0. The Kier molecular flexibility index (Phi) is 4.57. The van der Waals surface area contributed by atoms with E-state index < -0.39 is 0 Å². The fraction of sp³-hybridized carbons (Fsp3) is 0.444. The molecule has 1 aliphatic rings. The van der Waals surface area contributed by atoms with Crippen LogP contribution in [0.3, 0.4) is 0 Å². The van der Waals surface area contributed by atoms with Crippen molar-refractivity contribution in [2.45, 2.75) is 33.1 Å². The first kappa shape index (κ1) is 15.2. The number of carbonyl (C=O) groups is 1. The van der Waals surface area contributed by atoms with Gasteiger partial charge in [0.25, 0.3) is 0 Å². The number of thiazole rings is 1. The van der Waals surface area contributed by atoms with Crippen LogP contribution in [0.1, 0.15) is 31.0 Å². The third kappa shape index (κ3) is 3.55. The normalized spacial score (nSPS) is 18.5. The van der Waals surface area contributed by atoms with E-state index in [1.54, 1.807) is 11.3 Å². The molecule has 22 heavy (non-hydrogen) atoms. The summed E-state index contributed by atoms with van der Waals surface area (Å²) in [5.74, 6) is 0.837. The van der Waals surface area contributed by atoms with Gasteiger partial charge in [0.05, 0.1) is 12.1 Å². The number of aromatic nitrogens is 1. The van der Waals surface area contributed by atoms with E-state index in [0.29, 0.717) is 12.3 Å². The first-order valence-electron chi connectivity index (χ1n) is 7.91. The standard InChI is InChI=1S/C18H22N2OS/c1-13-5-3-7-15(9-13)18-19-16(12-22-18)10-17(21)20-8-4-6-14(2)11-20/h3,5,7,9,12,14H,4,6,8,10-11H2,1-2H3. The SMILES string of the molecule is Cc1cccc(-c2nc(CC(=O)N3CCCC(C)C3)cs2)c1. The molecule has 0 radical (unpaired) electrons. The van der Waals surface area contributed by atoms with Crippen LogP contribution in [0.25, 0.3) is 10.6 Å². The molecule has 1 saturated heterocycles. The molecule has 1 aliphatic heterocycles. The first-order valence-corrected chi connectivity index (χ1v) is 8.79. The minimum absolute atomic E-state index is 0.215. The minimum atomic E-state index is 0.215. The summed E-state index contributed by atoms with van der Waals surface area (Å²) in [6, 6.07) is 8.34. The zero-order valence-electron chi connectivity index (χ0n) is 13.2. The Labute approximate surface area is 136 Å². The Morgan fingerprint density at radius 1 is 1.45 bits per heavy atom. The van der Waals surface area contributed by atoms with Crippen molar-refractivity contribution in [3.05, 3.63) is 40.9 Å². The molecule has 1 fully saturated rings. The summed E-state index contributed by atoms with van der Waals surface area (Å²) in [4.78, 5) is 19.0. The summed E-state index contributed by atoms with van der Waals surface area (Å²) in [7, 11) is 0. The second kappa shape index (κ2) is 6.61. The summed E-state index contributed by atoms with van der Waals surface area (Å²) in [5.41, 5.74) is 3.26. The predicted molar refractivity (Wildman–Crippen MR) is 91.0 cm³/mol. The molecule has 0 spiro atoms. The van der Waals surface area contributed by atoms with Crippen molar-refractivity contribution in [1.29, 1.82) is 0 Å². The van der Waals surface area contributed by atoms with Crippen LogP contribution in [0.5, 0.6) is 0 Å². The smallest absolute Gasteiger partial charge is 0.228 e. The van der Waals surface area contributed by atoms with Crippen molar-refractivity contribution in [2.24, 2.45) is 5.92 Å². The maximum Gasteiger partial charge on any atom is 0.228 e. The monoisotopic (exact) mass is 314 g/mol. The van der Waals surface area contributed by atoms with Gasteiger partial charge in [-0.3, -0.25) is 4.79 Å². The van der Waals surface area contributed by atoms with Crippen molar-refractivity contribution >= 4 is 17.2 Å². The van der Waals surface area contributed by atoms with E-state index in [2.05, 4.69) is 37.0 Å². The Hall–Kier alpha value is -1.68. The average Bonchev–Trinajstić information content (AvgIpc) is 2.96. The van der Waals surface area contributed by atoms with E-state index in [1.165, 1.54) is 12.0 Å². The number of carbonyl (C=O) groups excluding carboxylic acids is 1. The lowest BCUT2D eigenvalue weighted by molar-refractivity contribution is -0.132. The van der Waals surface area contributed by atoms with Crippen molar-refractivity contribution in [3.63, 3.8) is 0 Å². The van der Waals surface area contributed by atoms with Gasteiger partial charge in [0.1, 0.15) is 5.01 Å². The van der Waals surface area contributed by atoms with Gasteiger partial charge in [-0.2, -0.15) is 0 Å². The van der Waals surface area contributed by atoms with E-state index in [9.17, 15) is 4.79 Å². The lowest BCUT2D eigenvalue weighted by Crippen LogP contribution is -2.39. The van der Waals surface area contributed by atoms with Crippen LogP contribution in [0, 0.1) is 12.8 Å². The molecule has 1 unspecified atom stereocenters. The maximum absolute atomic E-state index is 12.4. The summed E-state index contributed by atoms with van der Waals surface area (Å²) in [6.45, 7) is 6.10. The average molecular weight is 314 g/mol. The molecule has 0 aliphatic carbocycles. The van der Waals surface area contributed by atoms with E-state index in [1.807, 2.05) is 16.3 Å². The van der Waals surface area contributed by atoms with Gasteiger partial charge in [0.2, 0.25) is 5.91 Å². The third-order valence-corrected chi connectivity index (χ3v) is 5.10. The van der Waals surface area contributed by atoms with Crippen LogP contribution >= 0.6 is 11.3 Å². The van der Waals surface area contributed by atoms with Gasteiger partial charge in [0, 0.05) is 24.0 Å². The number of benzene rings is 1.